The van der Waals surface area contributed by atoms with Crippen molar-refractivity contribution in [2.75, 3.05) is 25.2 Å². The second kappa shape index (κ2) is 5.27. The van der Waals surface area contributed by atoms with Crippen molar-refractivity contribution in [2.24, 2.45) is 7.05 Å². The summed E-state index contributed by atoms with van der Waals surface area (Å²) in [4.78, 5) is 12.6. The van der Waals surface area contributed by atoms with Crippen LogP contribution in [0.5, 0.6) is 0 Å². The first kappa shape index (κ1) is 14.3. The van der Waals surface area contributed by atoms with E-state index in [0.717, 1.165) is 25.7 Å². The standard InChI is InChI=1S/C13H20N4O4/c1-15-9-11(17(18)19)12(14-15)16(2)10-3-5-13(6-4-10)20-7-8-21-13/h9-10H,3-8H2,1-2H3. The van der Waals surface area contributed by atoms with Gasteiger partial charge < -0.3 is 14.4 Å². The molecule has 116 valence electrons. The van der Waals surface area contributed by atoms with Gasteiger partial charge in [0.1, 0.15) is 6.20 Å². The van der Waals surface area contributed by atoms with Gasteiger partial charge in [0, 0.05) is 33.0 Å². The zero-order valence-corrected chi connectivity index (χ0v) is 12.3. The molecule has 2 fully saturated rings. The molecule has 1 spiro atoms. The second-order valence-corrected chi connectivity index (χ2v) is 5.72. The van der Waals surface area contributed by atoms with Gasteiger partial charge in [-0.2, -0.15) is 0 Å². The van der Waals surface area contributed by atoms with Gasteiger partial charge in [-0.15, -0.1) is 5.10 Å². The first-order valence-electron chi connectivity index (χ1n) is 7.19. The van der Waals surface area contributed by atoms with Crippen molar-refractivity contribution in [3.8, 4) is 0 Å². The van der Waals surface area contributed by atoms with Gasteiger partial charge in [0.2, 0.25) is 5.82 Å². The molecule has 1 aliphatic carbocycles. The number of ether oxygens (including phenoxy) is 2. The number of nitrogens with zero attached hydrogens (tertiary/aromatic N) is 4. The van der Waals surface area contributed by atoms with Gasteiger partial charge in [-0.25, -0.2) is 0 Å². The minimum Gasteiger partial charge on any atom is -0.349 e. The molecule has 8 nitrogen and oxygen atoms in total. The molecule has 0 unspecified atom stereocenters. The molecule has 1 saturated carbocycles. The summed E-state index contributed by atoms with van der Waals surface area (Å²) in [5, 5.41) is 15.3. The Labute approximate surface area is 122 Å². The van der Waals surface area contributed by atoms with Crippen LogP contribution in [-0.4, -0.2) is 46.8 Å². The van der Waals surface area contributed by atoms with E-state index in [1.54, 1.807) is 7.05 Å². The first-order valence-corrected chi connectivity index (χ1v) is 7.19. The van der Waals surface area contributed by atoms with Gasteiger partial charge in [-0.05, 0) is 12.8 Å². The molecule has 21 heavy (non-hydrogen) atoms. The van der Waals surface area contributed by atoms with E-state index in [-0.39, 0.29) is 16.7 Å². The highest BCUT2D eigenvalue weighted by Gasteiger charge is 2.42. The van der Waals surface area contributed by atoms with Gasteiger partial charge >= 0.3 is 5.69 Å². The Bertz CT molecular complexity index is 528. The van der Waals surface area contributed by atoms with Crippen molar-refractivity contribution in [1.29, 1.82) is 0 Å². The van der Waals surface area contributed by atoms with Crippen LogP contribution in [-0.2, 0) is 16.5 Å². The Balaban J connectivity index is 1.72. The summed E-state index contributed by atoms with van der Waals surface area (Å²) in [7, 11) is 3.56. The monoisotopic (exact) mass is 296 g/mol. The first-order chi connectivity index (χ1) is 10.0. The van der Waals surface area contributed by atoms with E-state index in [1.807, 2.05) is 11.9 Å². The Hall–Kier alpha value is -1.67. The molecule has 1 aliphatic heterocycles. The number of nitro groups is 1. The smallest absolute Gasteiger partial charge is 0.330 e. The van der Waals surface area contributed by atoms with Crippen molar-refractivity contribution in [3.63, 3.8) is 0 Å². The van der Waals surface area contributed by atoms with E-state index in [4.69, 9.17) is 9.47 Å². The van der Waals surface area contributed by atoms with E-state index in [9.17, 15) is 10.1 Å². The molecule has 2 aliphatic rings. The lowest BCUT2D eigenvalue weighted by molar-refractivity contribution is -0.384. The maximum absolute atomic E-state index is 11.1. The van der Waals surface area contributed by atoms with E-state index in [0.29, 0.717) is 19.0 Å². The van der Waals surface area contributed by atoms with Gasteiger partial charge in [-0.3, -0.25) is 14.8 Å². The summed E-state index contributed by atoms with van der Waals surface area (Å²) in [6.07, 6.45) is 4.85. The molecule has 8 heteroatoms. The third kappa shape index (κ3) is 2.60. The zero-order valence-electron chi connectivity index (χ0n) is 12.3. The van der Waals surface area contributed by atoms with Crippen molar-refractivity contribution in [2.45, 2.75) is 37.5 Å². The van der Waals surface area contributed by atoms with Gasteiger partial charge in [-0.1, -0.05) is 0 Å². The van der Waals surface area contributed by atoms with E-state index >= 15 is 0 Å². The molecule has 2 heterocycles. The Morgan fingerprint density at radius 3 is 2.62 bits per heavy atom. The van der Waals surface area contributed by atoms with Crippen molar-refractivity contribution in [3.05, 3.63) is 16.3 Å². The summed E-state index contributed by atoms with van der Waals surface area (Å²) in [6, 6.07) is 0.219. The minimum atomic E-state index is -0.409. The lowest BCUT2D eigenvalue weighted by Crippen LogP contribution is -2.43. The molecule has 0 atom stereocenters. The SMILES string of the molecule is CN(c1nn(C)cc1[N+](=O)[O-])C1CCC2(CC1)OCCO2. The summed E-state index contributed by atoms with van der Waals surface area (Å²) < 4.78 is 12.9. The fourth-order valence-electron chi connectivity index (χ4n) is 3.23. The maximum Gasteiger partial charge on any atom is 0.330 e. The van der Waals surface area contributed by atoms with Crippen LogP contribution in [0.3, 0.4) is 0 Å². The van der Waals surface area contributed by atoms with E-state index in [2.05, 4.69) is 5.10 Å². The molecule has 1 aromatic heterocycles. The highest BCUT2D eigenvalue weighted by molar-refractivity contribution is 5.56. The van der Waals surface area contributed by atoms with E-state index < -0.39 is 5.79 Å². The molecular weight excluding hydrogens is 276 g/mol. The molecule has 0 amide bonds. The summed E-state index contributed by atoms with van der Waals surface area (Å²) in [5.74, 6) is 0.0182. The van der Waals surface area contributed by atoms with Gasteiger partial charge in [0.05, 0.1) is 18.1 Å². The van der Waals surface area contributed by atoms with Crippen LogP contribution in [0.4, 0.5) is 11.5 Å². The molecule has 0 radical (unpaired) electrons. The third-order valence-electron chi connectivity index (χ3n) is 4.40. The third-order valence-corrected chi connectivity index (χ3v) is 4.40. The second-order valence-electron chi connectivity index (χ2n) is 5.72. The summed E-state index contributed by atoms with van der Waals surface area (Å²) in [5.41, 5.74) is 0.0497. The highest BCUT2D eigenvalue weighted by atomic mass is 16.7. The maximum atomic E-state index is 11.1. The fourth-order valence-corrected chi connectivity index (χ4v) is 3.23. The van der Waals surface area contributed by atoms with Crippen LogP contribution in [0.25, 0.3) is 0 Å². The highest BCUT2D eigenvalue weighted by Crippen LogP contribution is 2.39. The van der Waals surface area contributed by atoms with Crippen LogP contribution in [0.15, 0.2) is 6.20 Å². The minimum absolute atomic E-state index is 0.0497. The van der Waals surface area contributed by atoms with Crippen LogP contribution < -0.4 is 4.90 Å². The number of hydrogen-bond donors (Lipinski definition) is 0. The number of hydrogen-bond acceptors (Lipinski definition) is 6. The quantitative estimate of drug-likeness (QED) is 0.620. The number of anilines is 1. The largest absolute Gasteiger partial charge is 0.349 e. The van der Waals surface area contributed by atoms with Crippen molar-refractivity contribution in [1.82, 2.24) is 9.78 Å². The zero-order chi connectivity index (χ0) is 15.0. The van der Waals surface area contributed by atoms with Crippen molar-refractivity contribution < 1.29 is 14.4 Å². The molecule has 1 aromatic rings. The van der Waals surface area contributed by atoms with Gasteiger partial charge in [0.15, 0.2) is 5.79 Å². The fraction of sp³-hybridized carbons (Fsp3) is 0.769. The number of aromatic nitrogens is 2. The summed E-state index contributed by atoms with van der Waals surface area (Å²) >= 11 is 0. The van der Waals surface area contributed by atoms with Gasteiger partial charge in [0.25, 0.3) is 0 Å². The molecule has 0 bridgehead atoms. The Morgan fingerprint density at radius 2 is 2.05 bits per heavy atom. The van der Waals surface area contributed by atoms with E-state index in [1.165, 1.54) is 10.9 Å². The predicted molar refractivity (Wildman–Crippen MR) is 75.2 cm³/mol. The lowest BCUT2D eigenvalue weighted by Gasteiger charge is -2.38. The molecule has 0 aromatic carbocycles. The Morgan fingerprint density at radius 1 is 1.43 bits per heavy atom. The lowest BCUT2D eigenvalue weighted by atomic mass is 9.89. The number of rotatable bonds is 3. The average molecular weight is 296 g/mol. The van der Waals surface area contributed by atoms with Crippen LogP contribution in [0.2, 0.25) is 0 Å². The van der Waals surface area contributed by atoms with Crippen LogP contribution >= 0.6 is 0 Å². The molecular formula is C13H20N4O4. The predicted octanol–water partition coefficient (Wildman–Crippen LogP) is 1.45. The number of aryl methyl sites for hydroxylation is 1. The molecule has 3 rings (SSSR count). The van der Waals surface area contributed by atoms with Crippen LogP contribution in [0, 0.1) is 10.1 Å². The summed E-state index contributed by atoms with van der Waals surface area (Å²) in [6.45, 7) is 1.32. The normalized spacial score (nSPS) is 21.8. The molecule has 0 N–H and O–H groups in total. The Kier molecular flexibility index (Phi) is 3.58. The average Bonchev–Trinajstić information content (AvgIpc) is 3.06. The molecule has 1 saturated heterocycles. The van der Waals surface area contributed by atoms with Crippen LogP contribution in [0.1, 0.15) is 25.7 Å². The van der Waals surface area contributed by atoms with Crippen molar-refractivity contribution >= 4 is 11.5 Å². The topological polar surface area (TPSA) is 82.7 Å².